The van der Waals surface area contributed by atoms with Crippen LogP contribution in [0.25, 0.3) is 5.69 Å². The van der Waals surface area contributed by atoms with Crippen molar-refractivity contribution in [2.45, 2.75) is 46.0 Å². The Morgan fingerprint density at radius 1 is 1.05 bits per heavy atom. The summed E-state index contributed by atoms with van der Waals surface area (Å²) in [6.07, 6.45) is -2.76. The topological polar surface area (TPSA) is 62.2 Å². The smallest absolute Gasteiger partial charge is 0.351 e. The number of nitrogens with zero attached hydrogens (tertiary/aromatic N) is 3. The summed E-state index contributed by atoms with van der Waals surface area (Å²) in [5.74, 6) is -0.371. The SMILES string of the molecule is Cc1cc([C@H]2[C@@H](c3ccccn3)NC(=S)N2c2ccc(NC(=O)C(C)C)c(Cl)c2)c(C)n1-c1cccc(C(F)(F)F)c1. The van der Waals surface area contributed by atoms with Gasteiger partial charge in [0.05, 0.1) is 34.1 Å². The molecule has 1 aliphatic rings. The number of carbonyl (C=O) groups excluding carboxylic acids is 1. The minimum Gasteiger partial charge on any atom is -0.351 e. The number of alkyl halides is 3. The van der Waals surface area contributed by atoms with E-state index in [9.17, 15) is 18.0 Å². The van der Waals surface area contributed by atoms with E-state index in [1.165, 1.54) is 6.07 Å². The molecule has 0 saturated carbocycles. The van der Waals surface area contributed by atoms with E-state index in [1.807, 2.05) is 53.6 Å². The number of amides is 1. The molecule has 2 N–H and O–H groups in total. The summed E-state index contributed by atoms with van der Waals surface area (Å²) in [5, 5.41) is 7.02. The fourth-order valence-electron chi connectivity index (χ4n) is 5.29. The fraction of sp³-hybridized carbons (Fsp3) is 0.258. The number of nitrogens with one attached hydrogen (secondary N) is 2. The van der Waals surface area contributed by atoms with E-state index in [4.69, 9.17) is 23.8 Å². The predicted octanol–water partition coefficient (Wildman–Crippen LogP) is 7.93. The molecular weight excluding hydrogens is 583 g/mol. The second-order valence-corrected chi connectivity index (χ2v) is 11.3. The van der Waals surface area contributed by atoms with Crippen molar-refractivity contribution in [3.63, 3.8) is 0 Å². The zero-order valence-electron chi connectivity index (χ0n) is 23.3. The number of benzene rings is 2. The molecule has 0 radical (unpaired) electrons. The average Bonchev–Trinajstić information content (AvgIpc) is 3.44. The van der Waals surface area contributed by atoms with E-state index in [2.05, 4.69) is 15.6 Å². The number of carbonyl (C=O) groups is 1. The molecule has 4 aromatic rings. The zero-order valence-corrected chi connectivity index (χ0v) is 24.9. The van der Waals surface area contributed by atoms with E-state index < -0.39 is 17.8 Å². The van der Waals surface area contributed by atoms with Crippen molar-refractivity contribution in [1.82, 2.24) is 14.9 Å². The number of hydrogen-bond donors (Lipinski definition) is 2. The highest BCUT2D eigenvalue weighted by Gasteiger charge is 2.42. The van der Waals surface area contributed by atoms with Crippen molar-refractivity contribution in [3.8, 4) is 5.69 Å². The van der Waals surface area contributed by atoms with Crippen molar-refractivity contribution in [2.24, 2.45) is 5.92 Å². The Labute approximate surface area is 252 Å². The van der Waals surface area contributed by atoms with Gasteiger partial charge in [0, 0.05) is 34.9 Å². The highest BCUT2D eigenvalue weighted by molar-refractivity contribution is 7.80. The van der Waals surface area contributed by atoms with Crippen LogP contribution in [0.5, 0.6) is 0 Å². The van der Waals surface area contributed by atoms with Crippen LogP contribution in [0.15, 0.2) is 72.9 Å². The first-order valence-electron chi connectivity index (χ1n) is 13.3. The normalized spacial score (nSPS) is 17.1. The van der Waals surface area contributed by atoms with Crippen LogP contribution in [-0.2, 0) is 11.0 Å². The highest BCUT2D eigenvalue weighted by Crippen LogP contribution is 2.45. The van der Waals surface area contributed by atoms with Crippen LogP contribution < -0.4 is 15.5 Å². The lowest BCUT2D eigenvalue weighted by Crippen LogP contribution is -2.29. The Morgan fingerprint density at radius 3 is 2.45 bits per heavy atom. The van der Waals surface area contributed by atoms with Gasteiger partial charge >= 0.3 is 6.18 Å². The maximum atomic E-state index is 13.5. The summed E-state index contributed by atoms with van der Waals surface area (Å²) in [6.45, 7) is 7.34. The molecule has 0 spiro atoms. The van der Waals surface area contributed by atoms with Crippen LogP contribution >= 0.6 is 23.8 Å². The van der Waals surface area contributed by atoms with E-state index in [0.717, 1.165) is 34.8 Å². The predicted molar refractivity (Wildman–Crippen MR) is 163 cm³/mol. The molecule has 0 unspecified atom stereocenters. The Hall–Kier alpha value is -3.89. The van der Waals surface area contributed by atoms with Crippen molar-refractivity contribution in [2.75, 3.05) is 10.2 Å². The van der Waals surface area contributed by atoms with Crippen LogP contribution in [-0.4, -0.2) is 20.6 Å². The first-order chi connectivity index (χ1) is 19.9. The number of anilines is 2. The monoisotopic (exact) mass is 611 g/mol. The molecule has 0 aliphatic carbocycles. The maximum absolute atomic E-state index is 13.5. The van der Waals surface area contributed by atoms with Gasteiger partial charge < -0.3 is 20.1 Å². The Balaban J connectivity index is 1.62. The van der Waals surface area contributed by atoms with Crippen molar-refractivity contribution < 1.29 is 18.0 Å². The second-order valence-electron chi connectivity index (χ2n) is 10.5. The van der Waals surface area contributed by atoms with Gasteiger partial charge in [-0.1, -0.05) is 37.6 Å². The number of pyridine rings is 1. The van der Waals surface area contributed by atoms with Gasteiger partial charge in [-0.25, -0.2) is 0 Å². The van der Waals surface area contributed by atoms with Crippen molar-refractivity contribution in [1.29, 1.82) is 0 Å². The molecule has 1 amide bonds. The first kappa shape index (κ1) is 29.6. The summed E-state index contributed by atoms with van der Waals surface area (Å²) in [6, 6.07) is 17.4. The number of rotatable bonds is 6. The number of thiocarbonyl (C=S) groups is 1. The summed E-state index contributed by atoms with van der Waals surface area (Å²) in [5.41, 5.74) is 4.01. The summed E-state index contributed by atoms with van der Waals surface area (Å²) < 4.78 is 42.5. The fourth-order valence-corrected chi connectivity index (χ4v) is 5.85. The van der Waals surface area contributed by atoms with Crippen molar-refractivity contribution >= 4 is 46.2 Å². The number of hydrogen-bond acceptors (Lipinski definition) is 3. The molecule has 11 heteroatoms. The number of aromatic nitrogens is 2. The Kier molecular flexibility index (Phi) is 8.04. The van der Waals surface area contributed by atoms with E-state index in [0.29, 0.717) is 27.2 Å². The highest BCUT2D eigenvalue weighted by atomic mass is 35.5. The van der Waals surface area contributed by atoms with Gasteiger partial charge in [0.2, 0.25) is 5.91 Å². The molecule has 1 fully saturated rings. The molecule has 218 valence electrons. The lowest BCUT2D eigenvalue weighted by atomic mass is 9.96. The van der Waals surface area contributed by atoms with Gasteiger partial charge in [-0.05, 0) is 86.2 Å². The third kappa shape index (κ3) is 5.61. The van der Waals surface area contributed by atoms with Gasteiger partial charge in [-0.2, -0.15) is 13.2 Å². The molecule has 2 atom stereocenters. The van der Waals surface area contributed by atoms with Crippen molar-refractivity contribution in [3.05, 3.63) is 106 Å². The van der Waals surface area contributed by atoms with Gasteiger partial charge in [-0.15, -0.1) is 0 Å². The van der Waals surface area contributed by atoms with Crippen LogP contribution in [0, 0.1) is 19.8 Å². The Bertz CT molecular complexity index is 1650. The van der Waals surface area contributed by atoms with Gasteiger partial charge in [0.25, 0.3) is 0 Å². The number of halogens is 4. The molecule has 2 aromatic carbocycles. The molecule has 1 saturated heterocycles. The minimum atomic E-state index is -4.46. The van der Waals surface area contributed by atoms with Crippen LogP contribution in [0.3, 0.4) is 0 Å². The molecule has 3 heterocycles. The van der Waals surface area contributed by atoms with Crippen LogP contribution in [0.2, 0.25) is 5.02 Å². The molecule has 6 nitrogen and oxygen atoms in total. The molecular formula is C31H29ClF3N5OS. The lowest BCUT2D eigenvalue weighted by Gasteiger charge is -2.28. The van der Waals surface area contributed by atoms with E-state index in [1.54, 1.807) is 38.2 Å². The van der Waals surface area contributed by atoms with Crippen LogP contribution in [0.1, 0.15) is 54.1 Å². The number of aryl methyl sites for hydroxylation is 1. The van der Waals surface area contributed by atoms with Gasteiger partial charge in [0.1, 0.15) is 0 Å². The summed E-state index contributed by atoms with van der Waals surface area (Å²) >= 11 is 12.5. The molecule has 2 aromatic heterocycles. The van der Waals surface area contributed by atoms with E-state index >= 15 is 0 Å². The summed E-state index contributed by atoms with van der Waals surface area (Å²) in [7, 11) is 0. The summed E-state index contributed by atoms with van der Waals surface area (Å²) in [4.78, 5) is 18.8. The third-order valence-corrected chi connectivity index (χ3v) is 7.96. The minimum absolute atomic E-state index is 0.155. The molecule has 1 aliphatic heterocycles. The maximum Gasteiger partial charge on any atom is 0.416 e. The molecule has 5 rings (SSSR count). The van der Waals surface area contributed by atoms with E-state index in [-0.39, 0.29) is 17.9 Å². The van der Waals surface area contributed by atoms with Gasteiger partial charge in [0.15, 0.2) is 5.11 Å². The van der Waals surface area contributed by atoms with Crippen LogP contribution in [0.4, 0.5) is 24.5 Å². The third-order valence-electron chi connectivity index (χ3n) is 7.33. The standard InChI is InChI=1S/C31H29ClF3N5OS/c1-17(2)29(41)37-25-12-11-22(16-24(25)32)40-28(27(38-30(40)42)26-10-5-6-13-36-26)23-14-18(3)39(19(23)4)21-9-7-8-20(15-21)31(33,34)35/h5-17,27-28H,1-4H3,(H,37,41)(H,38,42)/t27-,28+/m1/s1. The molecule has 42 heavy (non-hydrogen) atoms. The lowest BCUT2D eigenvalue weighted by molar-refractivity contribution is -0.137. The molecule has 0 bridgehead atoms. The zero-order chi connectivity index (χ0) is 30.3. The first-order valence-corrected chi connectivity index (χ1v) is 14.1. The largest absolute Gasteiger partial charge is 0.416 e. The second kappa shape index (κ2) is 11.4. The van der Waals surface area contributed by atoms with Gasteiger partial charge in [-0.3, -0.25) is 9.78 Å². The Morgan fingerprint density at radius 2 is 1.81 bits per heavy atom. The average molecular weight is 612 g/mol. The quantitative estimate of drug-likeness (QED) is 0.217.